The zero-order chi connectivity index (χ0) is 28.8. The molecule has 1 fully saturated rings. The third-order valence-corrected chi connectivity index (χ3v) is 8.16. The third kappa shape index (κ3) is 6.95. The van der Waals surface area contributed by atoms with Gasteiger partial charge in [-0.05, 0) is 47.6 Å². The van der Waals surface area contributed by atoms with Gasteiger partial charge < -0.3 is 20.5 Å². The first-order valence-electron chi connectivity index (χ1n) is 14.2. The van der Waals surface area contributed by atoms with Gasteiger partial charge in [0.05, 0.1) is 12.0 Å². The molecule has 214 valence electrons. The number of carboxylic acids is 1. The average Bonchev–Trinajstić information content (AvgIpc) is 3.27. The molecular formula is C33H37N3O5. The summed E-state index contributed by atoms with van der Waals surface area (Å²) in [6.07, 6.45) is 0.494. The number of piperidine rings is 1. The molecule has 1 atom stereocenters. The Morgan fingerprint density at radius 1 is 0.927 bits per heavy atom. The van der Waals surface area contributed by atoms with Gasteiger partial charge in [-0.15, -0.1) is 0 Å². The van der Waals surface area contributed by atoms with Crippen LogP contribution in [-0.2, 0) is 20.9 Å². The standard InChI is InChI=1S/C33H37N3O5/c1-23(19-31(38)39)34-30(37)20-33(15-17-36(18-16-33)21-24-9-3-2-4-10-24)35-32(40)41-22-29-27-13-7-5-11-25(27)26-12-6-8-14-28(26)29/h2-14,23,29H,15-22H2,1H3,(H,34,37)(H,35,40)(H,38,39). The quantitative estimate of drug-likeness (QED) is 0.328. The first kappa shape index (κ1) is 28.4. The molecule has 1 heterocycles. The van der Waals surface area contributed by atoms with Crippen molar-refractivity contribution in [1.82, 2.24) is 15.5 Å². The predicted octanol–water partition coefficient (Wildman–Crippen LogP) is 4.93. The van der Waals surface area contributed by atoms with Crippen molar-refractivity contribution in [1.29, 1.82) is 0 Å². The number of nitrogens with zero attached hydrogens (tertiary/aromatic N) is 1. The summed E-state index contributed by atoms with van der Waals surface area (Å²) in [4.78, 5) is 39.7. The van der Waals surface area contributed by atoms with Crippen LogP contribution in [0.1, 0.15) is 55.2 Å². The lowest BCUT2D eigenvalue weighted by molar-refractivity contribution is -0.137. The number of hydrogen-bond acceptors (Lipinski definition) is 5. The maximum absolute atomic E-state index is 13.3. The molecule has 3 aromatic rings. The highest BCUT2D eigenvalue weighted by molar-refractivity contribution is 5.80. The number of fused-ring (bicyclic) bond motifs is 3. The monoisotopic (exact) mass is 555 g/mol. The molecule has 0 radical (unpaired) electrons. The number of carboxylic acid groups (broad SMARTS) is 1. The lowest BCUT2D eigenvalue weighted by Gasteiger charge is -2.42. The van der Waals surface area contributed by atoms with Crippen molar-refractivity contribution >= 4 is 18.0 Å². The van der Waals surface area contributed by atoms with Crippen LogP contribution in [0, 0.1) is 0 Å². The molecule has 0 aromatic heterocycles. The second kappa shape index (κ2) is 12.6. The van der Waals surface area contributed by atoms with Crippen LogP contribution in [-0.4, -0.2) is 59.3 Å². The maximum atomic E-state index is 13.3. The summed E-state index contributed by atoms with van der Waals surface area (Å²) in [6, 6.07) is 26.1. The van der Waals surface area contributed by atoms with Gasteiger partial charge >= 0.3 is 12.1 Å². The topological polar surface area (TPSA) is 108 Å². The van der Waals surface area contributed by atoms with E-state index in [0.717, 1.165) is 28.8 Å². The van der Waals surface area contributed by atoms with Gasteiger partial charge in [0.25, 0.3) is 0 Å². The van der Waals surface area contributed by atoms with E-state index < -0.39 is 23.6 Å². The molecule has 0 spiro atoms. The third-order valence-electron chi connectivity index (χ3n) is 8.16. The van der Waals surface area contributed by atoms with Crippen LogP contribution in [0.5, 0.6) is 0 Å². The molecule has 1 aliphatic carbocycles. The number of nitrogens with one attached hydrogen (secondary N) is 2. The van der Waals surface area contributed by atoms with E-state index in [4.69, 9.17) is 9.84 Å². The highest BCUT2D eigenvalue weighted by Gasteiger charge is 2.39. The Morgan fingerprint density at radius 2 is 1.51 bits per heavy atom. The first-order chi connectivity index (χ1) is 19.8. The minimum Gasteiger partial charge on any atom is -0.481 e. The molecule has 1 unspecified atom stereocenters. The van der Waals surface area contributed by atoms with Gasteiger partial charge in [-0.25, -0.2) is 4.79 Å². The highest BCUT2D eigenvalue weighted by atomic mass is 16.5. The normalized spacial score (nSPS) is 16.7. The number of amides is 2. The van der Waals surface area contributed by atoms with E-state index in [0.29, 0.717) is 25.9 Å². The van der Waals surface area contributed by atoms with Crippen LogP contribution >= 0.6 is 0 Å². The molecule has 8 heteroatoms. The second-order valence-electron chi connectivity index (χ2n) is 11.2. The fourth-order valence-electron chi connectivity index (χ4n) is 6.12. The Hall–Kier alpha value is -4.17. The number of benzene rings is 3. The lowest BCUT2D eigenvalue weighted by atomic mass is 9.83. The molecule has 0 bridgehead atoms. The Morgan fingerprint density at radius 3 is 2.12 bits per heavy atom. The van der Waals surface area contributed by atoms with Gasteiger partial charge in [0.1, 0.15) is 6.61 Å². The molecule has 0 saturated carbocycles. The summed E-state index contributed by atoms with van der Waals surface area (Å²) in [6.45, 7) is 4.06. The predicted molar refractivity (Wildman–Crippen MR) is 156 cm³/mol. The van der Waals surface area contributed by atoms with Gasteiger partial charge in [-0.2, -0.15) is 0 Å². The van der Waals surface area contributed by atoms with Gasteiger partial charge in [0.15, 0.2) is 0 Å². The minimum atomic E-state index is -0.974. The van der Waals surface area contributed by atoms with Crippen LogP contribution in [0.2, 0.25) is 0 Å². The summed E-state index contributed by atoms with van der Waals surface area (Å²) in [7, 11) is 0. The Bertz CT molecular complexity index is 1340. The zero-order valence-electron chi connectivity index (χ0n) is 23.3. The van der Waals surface area contributed by atoms with Crippen molar-refractivity contribution in [3.8, 4) is 11.1 Å². The summed E-state index contributed by atoms with van der Waals surface area (Å²) in [5.41, 5.74) is 5.01. The minimum absolute atomic E-state index is 0.0559. The van der Waals surface area contributed by atoms with Crippen molar-refractivity contribution in [2.24, 2.45) is 0 Å². The Balaban J connectivity index is 1.25. The number of likely N-dealkylation sites (tertiary alicyclic amines) is 1. The summed E-state index contributed by atoms with van der Waals surface area (Å²) < 4.78 is 5.83. The van der Waals surface area contributed by atoms with Crippen molar-refractivity contribution < 1.29 is 24.2 Å². The average molecular weight is 556 g/mol. The fraction of sp³-hybridized carbons (Fsp3) is 0.364. The molecule has 3 aromatic carbocycles. The van der Waals surface area contributed by atoms with Gasteiger partial charge in [0.2, 0.25) is 5.91 Å². The number of hydrogen-bond donors (Lipinski definition) is 3. The number of ether oxygens (including phenoxy) is 1. The number of rotatable bonds is 10. The van der Waals surface area contributed by atoms with E-state index in [9.17, 15) is 14.4 Å². The van der Waals surface area contributed by atoms with Gasteiger partial charge in [-0.1, -0.05) is 78.9 Å². The summed E-state index contributed by atoms with van der Waals surface area (Å²) >= 11 is 0. The van der Waals surface area contributed by atoms with Crippen LogP contribution in [0.15, 0.2) is 78.9 Å². The molecule has 2 amide bonds. The smallest absolute Gasteiger partial charge is 0.407 e. The van der Waals surface area contributed by atoms with Gasteiger partial charge in [-0.3, -0.25) is 14.5 Å². The second-order valence-corrected chi connectivity index (χ2v) is 11.2. The number of carbonyl (C=O) groups is 3. The van der Waals surface area contributed by atoms with E-state index in [1.165, 1.54) is 5.56 Å². The van der Waals surface area contributed by atoms with Crippen LogP contribution in [0.3, 0.4) is 0 Å². The molecule has 8 nitrogen and oxygen atoms in total. The Labute approximate surface area is 240 Å². The van der Waals surface area contributed by atoms with Crippen LogP contribution in [0.25, 0.3) is 11.1 Å². The van der Waals surface area contributed by atoms with E-state index in [-0.39, 0.29) is 31.3 Å². The molecule has 2 aliphatic rings. The highest BCUT2D eigenvalue weighted by Crippen LogP contribution is 2.44. The summed E-state index contributed by atoms with van der Waals surface area (Å²) in [5.74, 6) is -1.32. The largest absolute Gasteiger partial charge is 0.481 e. The van der Waals surface area contributed by atoms with Crippen LogP contribution in [0.4, 0.5) is 4.79 Å². The van der Waals surface area contributed by atoms with Crippen molar-refractivity contribution in [3.05, 3.63) is 95.6 Å². The maximum Gasteiger partial charge on any atom is 0.407 e. The van der Waals surface area contributed by atoms with E-state index in [1.54, 1.807) is 6.92 Å². The zero-order valence-corrected chi connectivity index (χ0v) is 23.3. The van der Waals surface area contributed by atoms with E-state index in [2.05, 4.69) is 51.9 Å². The van der Waals surface area contributed by atoms with Crippen molar-refractivity contribution in [3.63, 3.8) is 0 Å². The lowest BCUT2D eigenvalue weighted by Crippen LogP contribution is -2.57. The number of alkyl carbamates (subject to hydrolysis) is 1. The van der Waals surface area contributed by atoms with Crippen LogP contribution < -0.4 is 10.6 Å². The van der Waals surface area contributed by atoms with Crippen molar-refractivity contribution in [2.75, 3.05) is 19.7 Å². The van der Waals surface area contributed by atoms with E-state index in [1.807, 2.05) is 42.5 Å². The van der Waals surface area contributed by atoms with Crippen molar-refractivity contribution in [2.45, 2.75) is 56.7 Å². The fourth-order valence-corrected chi connectivity index (χ4v) is 6.12. The number of aliphatic carboxylic acids is 1. The van der Waals surface area contributed by atoms with E-state index >= 15 is 0 Å². The Kier molecular flexibility index (Phi) is 8.69. The molecule has 1 aliphatic heterocycles. The molecule has 41 heavy (non-hydrogen) atoms. The molecule has 5 rings (SSSR count). The number of carbonyl (C=O) groups excluding carboxylic acids is 2. The van der Waals surface area contributed by atoms with Gasteiger partial charge in [0, 0.05) is 38.0 Å². The molecule has 1 saturated heterocycles. The molecule has 3 N–H and O–H groups in total. The first-order valence-corrected chi connectivity index (χ1v) is 14.2. The molecular weight excluding hydrogens is 518 g/mol. The summed E-state index contributed by atoms with van der Waals surface area (Å²) in [5, 5.41) is 14.9. The SMILES string of the molecule is CC(CC(=O)O)NC(=O)CC1(NC(=O)OCC2c3ccccc3-c3ccccc32)CCN(Cc2ccccc2)CC1.